The molecule has 0 radical (unpaired) electrons. The number of amides is 1. The molecule has 192 valence electrons. The van der Waals surface area contributed by atoms with Gasteiger partial charge in [0.2, 0.25) is 0 Å². The van der Waals surface area contributed by atoms with Gasteiger partial charge in [-0.1, -0.05) is 0 Å². The molecule has 9 heteroatoms. The molecule has 1 aliphatic rings. The van der Waals surface area contributed by atoms with Gasteiger partial charge in [-0.05, 0) is 69.2 Å². The molecule has 1 amide bonds. The molecule has 4 aromatic rings. The predicted octanol–water partition coefficient (Wildman–Crippen LogP) is 3.39. The molecule has 3 aromatic heterocycles. The molecule has 5 rings (SSSR count). The van der Waals surface area contributed by atoms with Crippen LogP contribution in [0.1, 0.15) is 41.0 Å². The third-order valence-corrected chi connectivity index (χ3v) is 7.02. The van der Waals surface area contributed by atoms with Crippen molar-refractivity contribution in [3.05, 3.63) is 75.5 Å². The Kier molecular flexibility index (Phi) is 6.80. The first-order valence-corrected chi connectivity index (χ1v) is 12.7. The van der Waals surface area contributed by atoms with E-state index in [0.29, 0.717) is 11.1 Å². The second-order valence-corrected chi connectivity index (χ2v) is 9.97. The third-order valence-electron chi connectivity index (χ3n) is 7.02. The van der Waals surface area contributed by atoms with Crippen LogP contribution in [0.5, 0.6) is 0 Å². The van der Waals surface area contributed by atoms with Crippen molar-refractivity contribution >= 4 is 22.6 Å². The van der Waals surface area contributed by atoms with Crippen molar-refractivity contribution in [2.45, 2.75) is 40.3 Å². The van der Waals surface area contributed by atoms with E-state index in [4.69, 9.17) is 4.98 Å². The Bertz CT molecular complexity index is 1480. The number of rotatable bonds is 6. The zero-order valence-corrected chi connectivity index (χ0v) is 21.8. The lowest BCUT2D eigenvalue weighted by Crippen LogP contribution is -2.43. The van der Waals surface area contributed by atoms with Crippen LogP contribution in [0.4, 0.5) is 5.82 Å². The highest BCUT2D eigenvalue weighted by atomic mass is 16.2. The van der Waals surface area contributed by atoms with Gasteiger partial charge < -0.3 is 20.1 Å². The molecule has 4 heterocycles. The molecule has 0 bridgehead atoms. The highest BCUT2D eigenvalue weighted by Gasteiger charge is 2.24. The number of aromatic nitrogens is 4. The van der Waals surface area contributed by atoms with Gasteiger partial charge in [0.25, 0.3) is 11.5 Å². The molecule has 1 aliphatic heterocycles. The molecule has 0 saturated carbocycles. The Morgan fingerprint density at radius 1 is 1.08 bits per heavy atom. The molecule has 1 saturated heterocycles. The molecule has 37 heavy (non-hydrogen) atoms. The lowest BCUT2D eigenvalue weighted by molar-refractivity contribution is 0.0691. The summed E-state index contributed by atoms with van der Waals surface area (Å²) in [6.45, 7) is 11.7. The Labute approximate surface area is 215 Å². The van der Waals surface area contributed by atoms with Crippen LogP contribution in [0.3, 0.4) is 0 Å². The summed E-state index contributed by atoms with van der Waals surface area (Å²) in [7, 11) is 0. The van der Waals surface area contributed by atoms with E-state index in [-0.39, 0.29) is 24.1 Å². The first-order chi connectivity index (χ1) is 17.8. The minimum absolute atomic E-state index is 0.113. The lowest BCUT2D eigenvalue weighted by Gasteiger charge is -2.28. The van der Waals surface area contributed by atoms with Crippen LogP contribution in [-0.2, 0) is 6.54 Å². The van der Waals surface area contributed by atoms with Crippen molar-refractivity contribution in [2.75, 3.05) is 31.1 Å². The molecule has 0 aliphatic carbocycles. The summed E-state index contributed by atoms with van der Waals surface area (Å²) in [6, 6.07) is 9.81. The third kappa shape index (κ3) is 4.99. The van der Waals surface area contributed by atoms with E-state index in [2.05, 4.69) is 25.4 Å². The van der Waals surface area contributed by atoms with Gasteiger partial charge in [-0.2, -0.15) is 5.10 Å². The van der Waals surface area contributed by atoms with Crippen molar-refractivity contribution in [3.8, 4) is 11.1 Å². The van der Waals surface area contributed by atoms with Crippen LogP contribution in [0.2, 0.25) is 0 Å². The average Bonchev–Trinajstić information content (AvgIpc) is 3.36. The fraction of sp³-hybridized carbons (Fsp3) is 0.357. The topological polar surface area (TPSA) is 110 Å². The number of nitrogens with one attached hydrogen (secondary N) is 3. The Morgan fingerprint density at radius 2 is 1.86 bits per heavy atom. The number of carbonyl (C=O) groups is 1. The standard InChI is InChI=1S/C28H33N7O2/c1-17(2)35(16-24-18(3)11-19(4)32-27(24)36)28(37)22-12-21(13-25-23(22)15-31-33-25)20-5-6-26(30-14-20)34-9-7-29-8-10-34/h5-6,11-15,17,29H,7-10,16H2,1-4H3,(H,31,33)(H,32,36). The first-order valence-electron chi connectivity index (χ1n) is 12.7. The monoisotopic (exact) mass is 499 g/mol. The number of hydrogen-bond donors (Lipinski definition) is 3. The maximum atomic E-state index is 14.0. The Morgan fingerprint density at radius 3 is 2.54 bits per heavy atom. The lowest BCUT2D eigenvalue weighted by atomic mass is 9.99. The van der Waals surface area contributed by atoms with E-state index in [1.807, 2.05) is 64.2 Å². The fourth-order valence-electron chi connectivity index (χ4n) is 4.92. The average molecular weight is 500 g/mol. The molecule has 0 unspecified atom stereocenters. The summed E-state index contributed by atoms with van der Waals surface area (Å²) in [5, 5.41) is 11.3. The molecule has 0 atom stereocenters. The SMILES string of the molecule is Cc1cc(C)c(CN(C(=O)c2cc(-c3ccc(N4CCNCC4)nc3)cc3[nH]ncc23)C(C)C)c(=O)[nH]1. The van der Waals surface area contributed by atoms with E-state index in [1.165, 1.54) is 0 Å². The van der Waals surface area contributed by atoms with Crippen LogP contribution in [-0.4, -0.2) is 63.2 Å². The van der Waals surface area contributed by atoms with E-state index in [0.717, 1.165) is 65.3 Å². The maximum absolute atomic E-state index is 14.0. The minimum Gasteiger partial charge on any atom is -0.354 e. The molecule has 1 fully saturated rings. The second-order valence-electron chi connectivity index (χ2n) is 9.97. The number of fused-ring (bicyclic) bond motifs is 1. The van der Waals surface area contributed by atoms with Gasteiger partial charge in [0.1, 0.15) is 5.82 Å². The van der Waals surface area contributed by atoms with Gasteiger partial charge >= 0.3 is 0 Å². The summed E-state index contributed by atoms with van der Waals surface area (Å²) in [5.41, 5.74) is 5.24. The molecule has 3 N–H and O–H groups in total. The second kappa shape index (κ2) is 10.2. The predicted molar refractivity (Wildman–Crippen MR) is 146 cm³/mol. The number of pyridine rings is 2. The van der Waals surface area contributed by atoms with Crippen molar-refractivity contribution in [1.29, 1.82) is 0 Å². The Hall–Kier alpha value is -3.98. The maximum Gasteiger partial charge on any atom is 0.255 e. The molecule has 0 spiro atoms. The largest absolute Gasteiger partial charge is 0.354 e. The zero-order valence-electron chi connectivity index (χ0n) is 21.8. The summed E-state index contributed by atoms with van der Waals surface area (Å²) in [5.74, 6) is 0.807. The number of H-pyrrole nitrogens is 2. The van der Waals surface area contributed by atoms with Crippen LogP contribution >= 0.6 is 0 Å². The summed E-state index contributed by atoms with van der Waals surface area (Å²) in [6.07, 6.45) is 3.54. The van der Waals surface area contributed by atoms with Gasteiger partial charge in [-0.25, -0.2) is 4.98 Å². The van der Waals surface area contributed by atoms with Crippen LogP contribution in [0.15, 0.2) is 47.5 Å². The fourth-order valence-corrected chi connectivity index (χ4v) is 4.92. The van der Waals surface area contributed by atoms with Crippen LogP contribution in [0, 0.1) is 13.8 Å². The highest BCUT2D eigenvalue weighted by Crippen LogP contribution is 2.29. The number of anilines is 1. The van der Waals surface area contributed by atoms with E-state index >= 15 is 0 Å². The van der Waals surface area contributed by atoms with Gasteiger partial charge in [-0.15, -0.1) is 0 Å². The number of piperazine rings is 1. The van der Waals surface area contributed by atoms with E-state index in [9.17, 15) is 9.59 Å². The molecule has 1 aromatic carbocycles. The Balaban J connectivity index is 1.50. The van der Waals surface area contributed by atoms with E-state index < -0.39 is 0 Å². The van der Waals surface area contributed by atoms with Crippen LogP contribution < -0.4 is 15.8 Å². The van der Waals surface area contributed by atoms with Gasteiger partial charge in [0, 0.05) is 60.6 Å². The van der Waals surface area contributed by atoms with Gasteiger partial charge in [0.15, 0.2) is 0 Å². The highest BCUT2D eigenvalue weighted by molar-refractivity contribution is 6.07. The zero-order chi connectivity index (χ0) is 26.1. The summed E-state index contributed by atoms with van der Waals surface area (Å²) in [4.78, 5) is 38.3. The number of benzene rings is 1. The van der Waals surface area contributed by atoms with Crippen LogP contribution in [0.25, 0.3) is 22.0 Å². The van der Waals surface area contributed by atoms with Crippen molar-refractivity contribution in [3.63, 3.8) is 0 Å². The number of carbonyl (C=O) groups excluding carboxylic acids is 1. The number of hydrogen-bond acceptors (Lipinski definition) is 6. The molecule has 9 nitrogen and oxygen atoms in total. The van der Waals surface area contributed by atoms with Gasteiger partial charge in [0.05, 0.1) is 23.8 Å². The number of aromatic amines is 2. The smallest absolute Gasteiger partial charge is 0.255 e. The minimum atomic E-state index is -0.159. The quantitative estimate of drug-likeness (QED) is 0.375. The molecular weight excluding hydrogens is 466 g/mol. The first kappa shape index (κ1) is 24.7. The number of aryl methyl sites for hydroxylation is 2. The van der Waals surface area contributed by atoms with Crippen molar-refractivity contribution < 1.29 is 4.79 Å². The summed E-state index contributed by atoms with van der Waals surface area (Å²) >= 11 is 0. The van der Waals surface area contributed by atoms with E-state index in [1.54, 1.807) is 11.1 Å². The van der Waals surface area contributed by atoms with Gasteiger partial charge in [-0.3, -0.25) is 14.7 Å². The molecular formula is C28H33N7O2. The normalized spacial score (nSPS) is 13.9. The summed E-state index contributed by atoms with van der Waals surface area (Å²) < 4.78 is 0. The van der Waals surface area contributed by atoms with Crippen molar-refractivity contribution in [2.24, 2.45) is 0 Å². The number of nitrogens with zero attached hydrogens (tertiary/aromatic N) is 4. The van der Waals surface area contributed by atoms with Crippen molar-refractivity contribution in [1.82, 2.24) is 30.4 Å².